The molecule has 0 unspecified atom stereocenters. The van der Waals surface area contributed by atoms with Gasteiger partial charge in [-0.05, 0) is 43.3 Å². The second-order valence-electron chi connectivity index (χ2n) is 5.74. The van der Waals surface area contributed by atoms with Crippen molar-refractivity contribution in [3.8, 4) is 0 Å². The standard InChI is InChI=1S/C20H25N3O4/c1-2-23(12-14-27-15-13-24)19(25)16-8-10-18(11-9-16)22-20(26)21-17-6-4-3-5-7-17/h3-11,24H,2,12-15H2,1H3,(H2,21,22,26). The van der Waals surface area contributed by atoms with E-state index in [0.717, 1.165) is 0 Å². The molecule has 7 heteroatoms. The molecule has 2 aromatic carbocycles. The molecule has 0 aliphatic heterocycles. The van der Waals surface area contributed by atoms with Gasteiger partial charge in [0.15, 0.2) is 0 Å². The number of rotatable bonds is 9. The average molecular weight is 371 g/mol. The van der Waals surface area contributed by atoms with Gasteiger partial charge in [0.25, 0.3) is 5.91 Å². The van der Waals surface area contributed by atoms with E-state index in [4.69, 9.17) is 9.84 Å². The van der Waals surface area contributed by atoms with Crippen molar-refractivity contribution < 1.29 is 19.4 Å². The molecule has 144 valence electrons. The number of para-hydroxylation sites is 1. The fourth-order valence-electron chi connectivity index (χ4n) is 2.44. The molecular weight excluding hydrogens is 346 g/mol. The van der Waals surface area contributed by atoms with Gasteiger partial charge in [-0.1, -0.05) is 18.2 Å². The number of nitrogens with zero attached hydrogens (tertiary/aromatic N) is 1. The molecule has 0 aliphatic carbocycles. The van der Waals surface area contributed by atoms with Gasteiger partial charge >= 0.3 is 6.03 Å². The summed E-state index contributed by atoms with van der Waals surface area (Å²) in [6.07, 6.45) is 0. The van der Waals surface area contributed by atoms with Crippen LogP contribution < -0.4 is 10.6 Å². The third-order valence-electron chi connectivity index (χ3n) is 3.83. The van der Waals surface area contributed by atoms with E-state index in [1.807, 2.05) is 25.1 Å². The number of benzene rings is 2. The Morgan fingerprint density at radius 3 is 2.19 bits per heavy atom. The fraction of sp³-hybridized carbons (Fsp3) is 0.300. The number of hydrogen-bond acceptors (Lipinski definition) is 4. The van der Waals surface area contributed by atoms with Gasteiger partial charge in [-0.25, -0.2) is 4.79 Å². The average Bonchev–Trinajstić information content (AvgIpc) is 2.69. The summed E-state index contributed by atoms with van der Waals surface area (Å²) in [5.41, 5.74) is 1.83. The number of carbonyl (C=O) groups excluding carboxylic acids is 2. The highest BCUT2D eigenvalue weighted by atomic mass is 16.5. The highest BCUT2D eigenvalue weighted by molar-refractivity contribution is 6.00. The lowest BCUT2D eigenvalue weighted by atomic mass is 10.2. The molecule has 0 saturated heterocycles. The van der Waals surface area contributed by atoms with E-state index in [9.17, 15) is 9.59 Å². The number of ether oxygens (including phenoxy) is 1. The third-order valence-corrected chi connectivity index (χ3v) is 3.83. The van der Waals surface area contributed by atoms with Crippen LogP contribution in [0.25, 0.3) is 0 Å². The maximum Gasteiger partial charge on any atom is 0.323 e. The van der Waals surface area contributed by atoms with E-state index < -0.39 is 0 Å². The molecule has 0 bridgehead atoms. The topological polar surface area (TPSA) is 90.9 Å². The number of anilines is 2. The number of amides is 3. The quantitative estimate of drug-likeness (QED) is 0.591. The van der Waals surface area contributed by atoms with E-state index in [-0.39, 0.29) is 25.2 Å². The summed E-state index contributed by atoms with van der Waals surface area (Å²) in [5.74, 6) is -0.106. The fourth-order valence-corrected chi connectivity index (χ4v) is 2.44. The number of hydrogen-bond donors (Lipinski definition) is 3. The normalized spacial score (nSPS) is 10.3. The summed E-state index contributed by atoms with van der Waals surface area (Å²) in [5, 5.41) is 14.2. The molecule has 0 aromatic heterocycles. The number of aliphatic hydroxyl groups is 1. The van der Waals surface area contributed by atoms with E-state index in [2.05, 4.69) is 10.6 Å². The number of likely N-dealkylation sites (N-methyl/N-ethyl adjacent to an activating group) is 1. The van der Waals surface area contributed by atoms with Crippen molar-refractivity contribution in [2.75, 3.05) is 43.5 Å². The Morgan fingerprint density at radius 1 is 0.963 bits per heavy atom. The molecule has 0 fully saturated rings. The van der Waals surface area contributed by atoms with Gasteiger partial charge in [0.05, 0.1) is 19.8 Å². The van der Waals surface area contributed by atoms with Crippen LogP contribution in [0.2, 0.25) is 0 Å². The maximum absolute atomic E-state index is 12.5. The third kappa shape index (κ3) is 6.73. The van der Waals surface area contributed by atoms with Gasteiger partial charge in [0.2, 0.25) is 0 Å². The summed E-state index contributed by atoms with van der Waals surface area (Å²) in [7, 11) is 0. The number of urea groups is 1. The Balaban J connectivity index is 1.89. The van der Waals surface area contributed by atoms with Crippen LogP contribution in [-0.2, 0) is 4.74 Å². The molecular formula is C20H25N3O4. The van der Waals surface area contributed by atoms with Crippen molar-refractivity contribution in [3.63, 3.8) is 0 Å². The van der Waals surface area contributed by atoms with Gasteiger partial charge in [-0.15, -0.1) is 0 Å². The van der Waals surface area contributed by atoms with E-state index >= 15 is 0 Å². The molecule has 0 saturated carbocycles. The zero-order valence-corrected chi connectivity index (χ0v) is 15.4. The predicted octanol–water partition coefficient (Wildman–Crippen LogP) is 2.80. The minimum Gasteiger partial charge on any atom is -0.394 e. The Morgan fingerprint density at radius 2 is 1.59 bits per heavy atom. The Bertz CT molecular complexity index is 720. The molecule has 7 nitrogen and oxygen atoms in total. The van der Waals surface area contributed by atoms with Crippen molar-refractivity contribution in [3.05, 3.63) is 60.2 Å². The highest BCUT2D eigenvalue weighted by Gasteiger charge is 2.14. The smallest absolute Gasteiger partial charge is 0.323 e. The van der Waals surface area contributed by atoms with E-state index in [0.29, 0.717) is 36.6 Å². The van der Waals surface area contributed by atoms with Crippen molar-refractivity contribution in [2.45, 2.75) is 6.92 Å². The van der Waals surface area contributed by atoms with Gasteiger partial charge in [-0.3, -0.25) is 4.79 Å². The van der Waals surface area contributed by atoms with Crippen molar-refractivity contribution in [1.82, 2.24) is 4.90 Å². The maximum atomic E-state index is 12.5. The summed E-state index contributed by atoms with van der Waals surface area (Å²) in [6.45, 7) is 3.51. The SMILES string of the molecule is CCN(CCOCCO)C(=O)c1ccc(NC(=O)Nc2ccccc2)cc1. The molecule has 3 N–H and O–H groups in total. The summed E-state index contributed by atoms with van der Waals surface area (Å²) < 4.78 is 5.21. The van der Waals surface area contributed by atoms with Crippen LogP contribution in [0.1, 0.15) is 17.3 Å². The van der Waals surface area contributed by atoms with Gasteiger partial charge < -0.3 is 25.4 Å². The second kappa shape index (κ2) is 10.9. The Labute approximate surface area is 158 Å². The Kier molecular flexibility index (Phi) is 8.28. The van der Waals surface area contributed by atoms with Gasteiger partial charge in [0.1, 0.15) is 0 Å². The first kappa shape index (κ1) is 20.4. The van der Waals surface area contributed by atoms with E-state index in [1.54, 1.807) is 41.3 Å². The van der Waals surface area contributed by atoms with Gasteiger partial charge in [0, 0.05) is 30.0 Å². The van der Waals surface area contributed by atoms with Crippen LogP contribution in [0.4, 0.5) is 16.2 Å². The van der Waals surface area contributed by atoms with Crippen LogP contribution >= 0.6 is 0 Å². The predicted molar refractivity (Wildman–Crippen MR) is 105 cm³/mol. The number of carbonyl (C=O) groups is 2. The lowest BCUT2D eigenvalue weighted by Crippen LogP contribution is -2.34. The molecule has 0 heterocycles. The number of nitrogens with one attached hydrogen (secondary N) is 2. The molecule has 27 heavy (non-hydrogen) atoms. The van der Waals surface area contributed by atoms with Crippen LogP contribution in [-0.4, -0.2) is 54.9 Å². The van der Waals surface area contributed by atoms with Crippen LogP contribution in [0.3, 0.4) is 0 Å². The monoisotopic (exact) mass is 371 g/mol. The summed E-state index contributed by atoms with van der Waals surface area (Å²) >= 11 is 0. The highest BCUT2D eigenvalue weighted by Crippen LogP contribution is 2.13. The lowest BCUT2D eigenvalue weighted by molar-refractivity contribution is 0.0579. The molecule has 0 radical (unpaired) electrons. The Hall–Kier alpha value is -2.90. The van der Waals surface area contributed by atoms with E-state index in [1.165, 1.54) is 0 Å². The van der Waals surface area contributed by atoms with Crippen molar-refractivity contribution in [2.24, 2.45) is 0 Å². The zero-order chi connectivity index (χ0) is 19.5. The minimum absolute atomic E-state index is 0.0353. The first-order valence-electron chi connectivity index (χ1n) is 8.85. The minimum atomic E-state index is -0.350. The van der Waals surface area contributed by atoms with Crippen LogP contribution in [0.5, 0.6) is 0 Å². The first-order valence-corrected chi connectivity index (χ1v) is 8.85. The number of aliphatic hydroxyl groups excluding tert-OH is 1. The molecule has 0 spiro atoms. The molecule has 2 aromatic rings. The van der Waals surface area contributed by atoms with Crippen molar-refractivity contribution in [1.29, 1.82) is 0 Å². The molecule has 3 amide bonds. The van der Waals surface area contributed by atoms with Gasteiger partial charge in [-0.2, -0.15) is 0 Å². The molecule has 0 atom stereocenters. The largest absolute Gasteiger partial charge is 0.394 e. The first-order chi connectivity index (χ1) is 13.1. The van der Waals surface area contributed by atoms with Crippen LogP contribution in [0, 0.1) is 0 Å². The summed E-state index contributed by atoms with van der Waals surface area (Å²) in [6, 6.07) is 15.5. The lowest BCUT2D eigenvalue weighted by Gasteiger charge is -2.21. The second-order valence-corrected chi connectivity index (χ2v) is 5.74. The molecule has 2 rings (SSSR count). The molecule has 0 aliphatic rings. The summed E-state index contributed by atoms with van der Waals surface area (Å²) in [4.78, 5) is 26.2. The van der Waals surface area contributed by atoms with Crippen LogP contribution in [0.15, 0.2) is 54.6 Å². The van der Waals surface area contributed by atoms with Crippen molar-refractivity contribution >= 4 is 23.3 Å². The zero-order valence-electron chi connectivity index (χ0n) is 15.4.